The van der Waals surface area contributed by atoms with Gasteiger partial charge in [0.15, 0.2) is 0 Å². The Balaban J connectivity index is 1.78. The Labute approximate surface area is 153 Å². The van der Waals surface area contributed by atoms with Gasteiger partial charge in [-0.2, -0.15) is 0 Å². The average Bonchev–Trinajstić information content (AvgIpc) is 3.09. The van der Waals surface area contributed by atoms with Crippen molar-refractivity contribution in [3.05, 3.63) is 71.1 Å². The van der Waals surface area contributed by atoms with Crippen molar-refractivity contribution >= 4 is 12.0 Å². The zero-order valence-corrected chi connectivity index (χ0v) is 15.0. The van der Waals surface area contributed by atoms with E-state index in [1.807, 2.05) is 24.3 Å². The van der Waals surface area contributed by atoms with Crippen LogP contribution in [0.3, 0.4) is 0 Å². The van der Waals surface area contributed by atoms with Gasteiger partial charge in [-0.05, 0) is 47.7 Å². The van der Waals surface area contributed by atoms with Crippen LogP contribution in [-0.4, -0.2) is 41.2 Å². The zero-order chi connectivity index (χ0) is 18.4. The van der Waals surface area contributed by atoms with E-state index in [1.54, 1.807) is 12.3 Å². The maximum atomic E-state index is 11.3. The highest BCUT2D eigenvalue weighted by molar-refractivity contribution is 5.86. The molecule has 26 heavy (non-hydrogen) atoms. The molecular weight excluding hydrogens is 328 g/mol. The molecule has 136 valence electrons. The summed E-state index contributed by atoms with van der Waals surface area (Å²) in [6.07, 6.45) is 7.03. The van der Waals surface area contributed by atoms with E-state index in [9.17, 15) is 9.90 Å². The normalized spacial score (nSPS) is 16.2. The van der Waals surface area contributed by atoms with Crippen molar-refractivity contribution in [3.8, 4) is 0 Å². The summed E-state index contributed by atoms with van der Waals surface area (Å²) in [4.78, 5) is 18.0. The number of aromatic nitrogens is 1. The molecule has 0 bridgehead atoms. The van der Waals surface area contributed by atoms with Gasteiger partial charge in [-0.1, -0.05) is 24.3 Å². The van der Waals surface area contributed by atoms with Gasteiger partial charge < -0.3 is 9.84 Å². The highest BCUT2D eigenvalue weighted by atomic mass is 16.5. The minimum absolute atomic E-state index is 0.124. The van der Waals surface area contributed by atoms with Crippen LogP contribution < -0.4 is 0 Å². The topological polar surface area (TPSA) is 62.7 Å². The molecule has 0 spiro atoms. The second-order valence-electron chi connectivity index (χ2n) is 6.38. The fourth-order valence-corrected chi connectivity index (χ4v) is 3.50. The standard InChI is InChI=1S/C21H24N2O3/c1-26-21(25)10-6-16-5-8-19-17(14-16)7-9-20(19)23(12-13-24)15-18-4-2-3-11-22-18/h2-6,8,10-11,14,20,24H,7,9,12-13,15H2,1H3/b10-6+. The molecular formula is C21H24N2O3. The molecule has 1 aliphatic rings. The predicted molar refractivity (Wildman–Crippen MR) is 100 cm³/mol. The number of esters is 1. The van der Waals surface area contributed by atoms with Crippen molar-refractivity contribution in [1.29, 1.82) is 0 Å². The fourth-order valence-electron chi connectivity index (χ4n) is 3.50. The summed E-state index contributed by atoms with van der Waals surface area (Å²) in [6.45, 7) is 1.46. The van der Waals surface area contributed by atoms with Gasteiger partial charge in [0.05, 0.1) is 19.4 Å². The first-order chi connectivity index (χ1) is 12.7. The molecule has 0 saturated heterocycles. The van der Waals surface area contributed by atoms with Crippen molar-refractivity contribution in [2.45, 2.75) is 25.4 Å². The van der Waals surface area contributed by atoms with Crippen LogP contribution in [-0.2, 0) is 22.5 Å². The van der Waals surface area contributed by atoms with Crippen molar-refractivity contribution in [1.82, 2.24) is 9.88 Å². The molecule has 1 heterocycles. The lowest BCUT2D eigenvalue weighted by molar-refractivity contribution is -0.134. The number of pyridine rings is 1. The van der Waals surface area contributed by atoms with Gasteiger partial charge in [0.25, 0.3) is 0 Å². The number of ether oxygens (including phenoxy) is 1. The Hall–Kier alpha value is -2.50. The summed E-state index contributed by atoms with van der Waals surface area (Å²) in [5.74, 6) is -0.354. The third-order valence-electron chi connectivity index (χ3n) is 4.75. The molecule has 0 fully saturated rings. The minimum Gasteiger partial charge on any atom is -0.466 e. The lowest BCUT2D eigenvalue weighted by atomic mass is 10.0. The van der Waals surface area contributed by atoms with Crippen molar-refractivity contribution < 1.29 is 14.6 Å². The summed E-state index contributed by atoms with van der Waals surface area (Å²) >= 11 is 0. The van der Waals surface area contributed by atoms with E-state index < -0.39 is 0 Å². The van der Waals surface area contributed by atoms with E-state index in [0.29, 0.717) is 6.54 Å². The van der Waals surface area contributed by atoms with Crippen molar-refractivity contribution in [2.75, 3.05) is 20.3 Å². The first kappa shape index (κ1) is 18.3. The number of nitrogens with zero attached hydrogens (tertiary/aromatic N) is 2. The van der Waals surface area contributed by atoms with Gasteiger partial charge in [-0.3, -0.25) is 9.88 Å². The second kappa shape index (κ2) is 8.74. The maximum absolute atomic E-state index is 11.3. The molecule has 1 atom stereocenters. The molecule has 1 N–H and O–H groups in total. The lowest BCUT2D eigenvalue weighted by Crippen LogP contribution is -2.30. The Bertz CT molecular complexity index is 774. The predicted octanol–water partition coefficient (Wildman–Crippen LogP) is 2.75. The number of methoxy groups -OCH3 is 1. The quantitative estimate of drug-likeness (QED) is 0.613. The molecule has 5 nitrogen and oxygen atoms in total. The molecule has 2 aromatic rings. The number of carbonyl (C=O) groups excluding carboxylic acids is 1. The molecule has 5 heteroatoms. The molecule has 0 radical (unpaired) electrons. The molecule has 3 rings (SSSR count). The van der Waals surface area contributed by atoms with Crippen LogP contribution in [0.2, 0.25) is 0 Å². The number of benzene rings is 1. The van der Waals surface area contributed by atoms with E-state index in [0.717, 1.165) is 30.6 Å². The van der Waals surface area contributed by atoms with Gasteiger partial charge in [-0.15, -0.1) is 0 Å². The van der Waals surface area contributed by atoms with E-state index in [1.165, 1.54) is 24.3 Å². The highest BCUT2D eigenvalue weighted by Crippen LogP contribution is 2.37. The molecule has 1 aliphatic carbocycles. The molecule has 1 aromatic heterocycles. The first-order valence-electron chi connectivity index (χ1n) is 8.85. The van der Waals surface area contributed by atoms with Crippen LogP contribution in [0.25, 0.3) is 6.08 Å². The zero-order valence-electron chi connectivity index (χ0n) is 15.0. The number of hydrogen-bond acceptors (Lipinski definition) is 5. The van der Waals surface area contributed by atoms with E-state index in [4.69, 9.17) is 0 Å². The molecule has 1 aromatic carbocycles. The molecule has 1 unspecified atom stereocenters. The van der Waals surface area contributed by atoms with Gasteiger partial charge >= 0.3 is 5.97 Å². The van der Waals surface area contributed by atoms with E-state index in [-0.39, 0.29) is 18.6 Å². The third-order valence-corrected chi connectivity index (χ3v) is 4.75. The molecule has 0 saturated carbocycles. The Morgan fingerprint density at radius 2 is 2.27 bits per heavy atom. The summed E-state index contributed by atoms with van der Waals surface area (Å²) in [5.41, 5.74) is 4.59. The number of rotatable bonds is 7. The molecule has 0 aliphatic heterocycles. The van der Waals surface area contributed by atoms with Crippen molar-refractivity contribution in [3.63, 3.8) is 0 Å². The van der Waals surface area contributed by atoms with Crippen LogP contribution >= 0.6 is 0 Å². The number of fused-ring (bicyclic) bond motifs is 1. The van der Waals surface area contributed by atoms with Gasteiger partial charge in [0.1, 0.15) is 0 Å². The van der Waals surface area contributed by atoms with E-state index >= 15 is 0 Å². The summed E-state index contributed by atoms with van der Waals surface area (Å²) in [6, 6.07) is 12.5. The number of aliphatic hydroxyl groups excluding tert-OH is 1. The number of aryl methyl sites for hydroxylation is 1. The van der Waals surface area contributed by atoms with Crippen LogP contribution in [0.5, 0.6) is 0 Å². The Morgan fingerprint density at radius 1 is 1.38 bits per heavy atom. The largest absolute Gasteiger partial charge is 0.466 e. The second-order valence-corrected chi connectivity index (χ2v) is 6.38. The average molecular weight is 352 g/mol. The van der Waals surface area contributed by atoms with Crippen LogP contribution in [0, 0.1) is 0 Å². The maximum Gasteiger partial charge on any atom is 0.330 e. The number of hydrogen-bond donors (Lipinski definition) is 1. The summed E-state index contributed by atoms with van der Waals surface area (Å²) in [7, 11) is 1.37. The smallest absolute Gasteiger partial charge is 0.330 e. The summed E-state index contributed by atoms with van der Waals surface area (Å²) in [5, 5.41) is 9.50. The Kier molecular flexibility index (Phi) is 6.15. The van der Waals surface area contributed by atoms with Crippen LogP contribution in [0.15, 0.2) is 48.7 Å². The highest BCUT2D eigenvalue weighted by Gasteiger charge is 2.28. The van der Waals surface area contributed by atoms with Gasteiger partial charge in [-0.25, -0.2) is 4.79 Å². The third kappa shape index (κ3) is 4.36. The van der Waals surface area contributed by atoms with Gasteiger partial charge in [0.2, 0.25) is 0 Å². The Morgan fingerprint density at radius 3 is 3.00 bits per heavy atom. The van der Waals surface area contributed by atoms with Crippen molar-refractivity contribution in [2.24, 2.45) is 0 Å². The first-order valence-corrected chi connectivity index (χ1v) is 8.85. The van der Waals surface area contributed by atoms with Crippen LogP contribution in [0.1, 0.15) is 34.8 Å². The number of carbonyl (C=O) groups is 1. The lowest BCUT2D eigenvalue weighted by Gasteiger charge is -2.28. The minimum atomic E-state index is -0.354. The van der Waals surface area contributed by atoms with E-state index in [2.05, 4.69) is 26.8 Å². The number of aliphatic hydroxyl groups is 1. The molecule has 0 amide bonds. The monoisotopic (exact) mass is 352 g/mol. The SMILES string of the molecule is COC(=O)/C=C/c1ccc2c(c1)CCC2N(CCO)Cc1ccccn1. The summed E-state index contributed by atoms with van der Waals surface area (Å²) < 4.78 is 4.63. The van der Waals surface area contributed by atoms with Gasteiger partial charge in [0, 0.05) is 31.4 Å². The van der Waals surface area contributed by atoms with Crippen LogP contribution in [0.4, 0.5) is 0 Å². The fraction of sp³-hybridized carbons (Fsp3) is 0.333.